The van der Waals surface area contributed by atoms with Gasteiger partial charge in [0.2, 0.25) is 0 Å². The monoisotopic (exact) mass is 448 g/mol. The quantitative estimate of drug-likeness (QED) is 0.609. The lowest BCUT2D eigenvalue weighted by Crippen LogP contribution is -2.52. The third kappa shape index (κ3) is 4.95. The predicted octanol–water partition coefficient (Wildman–Crippen LogP) is 4.19. The molecule has 1 aliphatic heterocycles. The molecule has 0 unspecified atom stereocenters. The Morgan fingerprint density at radius 1 is 1.12 bits per heavy atom. The Kier molecular flexibility index (Phi) is 6.26. The van der Waals surface area contributed by atoms with E-state index in [2.05, 4.69) is 47.2 Å². The molecule has 0 radical (unpaired) electrons. The predicted molar refractivity (Wildman–Crippen MR) is 126 cm³/mol. The number of anilines is 3. The number of hydrogen-bond acceptors (Lipinski definition) is 5. The number of benzene rings is 2. The van der Waals surface area contributed by atoms with Crippen LogP contribution in [0.25, 0.3) is 0 Å². The number of carbonyl (C=O) groups excluding carboxylic acids is 1. The molecule has 1 amide bonds. The van der Waals surface area contributed by atoms with Gasteiger partial charge in [0.05, 0.1) is 11.9 Å². The average Bonchev–Trinajstić information content (AvgIpc) is 2.79. The summed E-state index contributed by atoms with van der Waals surface area (Å²) in [5, 5.41) is 12.4. The van der Waals surface area contributed by atoms with Gasteiger partial charge in [0.25, 0.3) is 5.91 Å². The molecule has 1 atom stereocenters. The summed E-state index contributed by atoms with van der Waals surface area (Å²) in [4.78, 5) is 33.0. The topological polar surface area (TPSA) is 85.8 Å². The van der Waals surface area contributed by atoms with Gasteiger partial charge in [-0.15, -0.1) is 0 Å². The van der Waals surface area contributed by atoms with Crippen molar-refractivity contribution in [2.75, 3.05) is 34.8 Å². The van der Waals surface area contributed by atoms with Crippen LogP contribution in [0.5, 0.6) is 0 Å². The molecule has 1 aliphatic rings. The number of carboxylic acids is 1. The van der Waals surface area contributed by atoms with Crippen LogP contribution in [0.3, 0.4) is 0 Å². The number of hydrogen-bond donors (Lipinski definition) is 2. The number of halogens is 1. The van der Waals surface area contributed by atoms with Crippen LogP contribution in [-0.2, 0) is 0 Å². The zero-order chi connectivity index (χ0) is 23.5. The van der Waals surface area contributed by atoms with Gasteiger partial charge in [0.15, 0.2) is 0 Å². The summed E-state index contributed by atoms with van der Waals surface area (Å²) in [5.41, 5.74) is 2.88. The molecule has 2 N–H and O–H groups in total. The van der Waals surface area contributed by atoms with E-state index in [0.29, 0.717) is 18.9 Å². The Morgan fingerprint density at radius 2 is 1.88 bits per heavy atom. The molecule has 1 fully saturated rings. The molecule has 1 saturated heterocycles. The summed E-state index contributed by atoms with van der Waals surface area (Å²) in [6, 6.07) is 15.0. The standard InChI is InChI=1S/C25H25FN4O3/c1-16-4-3-5-21(12-16)30-11-10-29(15-17(30)2)23-22(25(32)33)13-20(14-27-23)28-24(31)18-6-8-19(26)9-7-18/h3-9,12-14,17H,10-11,15H2,1-2H3,(H,28,31)(H,32,33)/t17-/m0/s1. The van der Waals surface area contributed by atoms with E-state index in [1.54, 1.807) is 0 Å². The Labute approximate surface area is 191 Å². The number of aryl methyl sites for hydroxylation is 1. The van der Waals surface area contributed by atoms with E-state index in [4.69, 9.17) is 0 Å². The first-order valence-corrected chi connectivity index (χ1v) is 10.7. The van der Waals surface area contributed by atoms with Crippen molar-refractivity contribution in [2.45, 2.75) is 19.9 Å². The zero-order valence-corrected chi connectivity index (χ0v) is 18.5. The van der Waals surface area contributed by atoms with Gasteiger partial charge in [0.1, 0.15) is 17.2 Å². The molecule has 33 heavy (non-hydrogen) atoms. The molecule has 7 nitrogen and oxygen atoms in total. The van der Waals surface area contributed by atoms with Crippen LogP contribution in [0.4, 0.5) is 21.6 Å². The molecule has 0 aliphatic carbocycles. The van der Waals surface area contributed by atoms with E-state index in [-0.39, 0.29) is 22.9 Å². The van der Waals surface area contributed by atoms with E-state index in [1.807, 2.05) is 11.0 Å². The normalized spacial score (nSPS) is 15.9. The molecule has 4 rings (SSSR count). The molecule has 8 heteroatoms. The molecule has 2 heterocycles. The van der Waals surface area contributed by atoms with Crippen LogP contribution in [0.2, 0.25) is 0 Å². The number of aromatic nitrogens is 1. The third-order valence-corrected chi connectivity index (χ3v) is 5.72. The number of nitrogens with zero attached hydrogens (tertiary/aromatic N) is 3. The van der Waals surface area contributed by atoms with Crippen molar-refractivity contribution in [1.29, 1.82) is 0 Å². The highest BCUT2D eigenvalue weighted by atomic mass is 19.1. The van der Waals surface area contributed by atoms with E-state index < -0.39 is 17.7 Å². The van der Waals surface area contributed by atoms with Crippen LogP contribution in [0.15, 0.2) is 60.8 Å². The highest BCUT2D eigenvalue weighted by molar-refractivity contribution is 6.05. The number of rotatable bonds is 5. The highest BCUT2D eigenvalue weighted by Crippen LogP contribution is 2.27. The van der Waals surface area contributed by atoms with Crippen molar-refractivity contribution >= 4 is 29.1 Å². The van der Waals surface area contributed by atoms with Gasteiger partial charge >= 0.3 is 5.97 Å². The van der Waals surface area contributed by atoms with Gasteiger partial charge in [-0.3, -0.25) is 4.79 Å². The fourth-order valence-electron chi connectivity index (χ4n) is 4.08. The highest BCUT2D eigenvalue weighted by Gasteiger charge is 2.28. The summed E-state index contributed by atoms with van der Waals surface area (Å²) in [7, 11) is 0. The summed E-state index contributed by atoms with van der Waals surface area (Å²) < 4.78 is 13.1. The lowest BCUT2D eigenvalue weighted by atomic mass is 10.1. The van der Waals surface area contributed by atoms with E-state index in [9.17, 15) is 19.1 Å². The number of nitrogens with one attached hydrogen (secondary N) is 1. The second-order valence-corrected chi connectivity index (χ2v) is 8.19. The smallest absolute Gasteiger partial charge is 0.339 e. The van der Waals surface area contributed by atoms with Gasteiger partial charge in [-0.2, -0.15) is 0 Å². The molecule has 170 valence electrons. The van der Waals surface area contributed by atoms with Crippen LogP contribution in [-0.4, -0.2) is 47.6 Å². The fraction of sp³-hybridized carbons (Fsp3) is 0.240. The molecule has 0 saturated carbocycles. The lowest BCUT2D eigenvalue weighted by Gasteiger charge is -2.42. The maximum Gasteiger partial charge on any atom is 0.339 e. The minimum Gasteiger partial charge on any atom is -0.478 e. The van der Waals surface area contributed by atoms with Gasteiger partial charge in [-0.1, -0.05) is 12.1 Å². The van der Waals surface area contributed by atoms with E-state index >= 15 is 0 Å². The van der Waals surface area contributed by atoms with Crippen molar-refractivity contribution in [2.24, 2.45) is 0 Å². The van der Waals surface area contributed by atoms with Crippen molar-refractivity contribution in [3.05, 3.63) is 83.3 Å². The maximum absolute atomic E-state index is 13.1. The van der Waals surface area contributed by atoms with Crippen molar-refractivity contribution in [3.63, 3.8) is 0 Å². The zero-order valence-electron chi connectivity index (χ0n) is 18.5. The molecule has 3 aromatic rings. The lowest BCUT2D eigenvalue weighted by molar-refractivity contribution is 0.0696. The van der Waals surface area contributed by atoms with Crippen molar-refractivity contribution in [1.82, 2.24) is 4.98 Å². The largest absolute Gasteiger partial charge is 0.478 e. The van der Waals surface area contributed by atoms with Crippen LogP contribution in [0.1, 0.15) is 33.2 Å². The molecular weight excluding hydrogens is 423 g/mol. The Hall–Kier alpha value is -3.94. The summed E-state index contributed by atoms with van der Waals surface area (Å²) in [5.74, 6) is -1.66. The second-order valence-electron chi connectivity index (χ2n) is 8.19. The third-order valence-electron chi connectivity index (χ3n) is 5.72. The SMILES string of the molecule is Cc1cccc(N2CCN(c3ncc(NC(=O)c4ccc(F)cc4)cc3C(=O)O)C[C@@H]2C)c1. The number of pyridine rings is 1. The van der Waals surface area contributed by atoms with E-state index in [1.165, 1.54) is 42.1 Å². The number of amides is 1. The number of piperazine rings is 1. The van der Waals surface area contributed by atoms with Gasteiger partial charge in [-0.05, 0) is 61.9 Å². The Morgan fingerprint density at radius 3 is 2.55 bits per heavy atom. The first kappa shape index (κ1) is 22.3. The maximum atomic E-state index is 13.1. The molecule has 0 spiro atoms. The van der Waals surface area contributed by atoms with Crippen LogP contribution in [0, 0.1) is 12.7 Å². The number of carboxylic acid groups (broad SMARTS) is 1. The second kappa shape index (κ2) is 9.28. The minimum absolute atomic E-state index is 0.0168. The van der Waals surface area contributed by atoms with Crippen LogP contribution < -0.4 is 15.1 Å². The Balaban J connectivity index is 1.52. The molecule has 2 aromatic carbocycles. The van der Waals surface area contributed by atoms with Crippen molar-refractivity contribution < 1.29 is 19.1 Å². The number of carbonyl (C=O) groups is 2. The fourth-order valence-corrected chi connectivity index (χ4v) is 4.08. The first-order valence-electron chi connectivity index (χ1n) is 10.7. The van der Waals surface area contributed by atoms with Gasteiger partial charge in [-0.25, -0.2) is 14.2 Å². The van der Waals surface area contributed by atoms with Crippen LogP contribution >= 0.6 is 0 Å². The Bertz CT molecular complexity index is 1180. The minimum atomic E-state index is -1.12. The first-order chi connectivity index (χ1) is 15.8. The molecular formula is C25H25FN4O3. The molecule has 0 bridgehead atoms. The van der Waals surface area contributed by atoms with Crippen molar-refractivity contribution in [3.8, 4) is 0 Å². The molecule has 1 aromatic heterocycles. The summed E-state index contributed by atoms with van der Waals surface area (Å²) >= 11 is 0. The van der Waals surface area contributed by atoms with E-state index in [0.717, 1.165) is 12.2 Å². The summed E-state index contributed by atoms with van der Waals surface area (Å²) in [6.07, 6.45) is 1.45. The average molecular weight is 448 g/mol. The number of aromatic carboxylic acids is 1. The summed E-state index contributed by atoms with van der Waals surface area (Å²) in [6.45, 7) is 6.12. The van der Waals surface area contributed by atoms with Gasteiger partial charge < -0.3 is 20.2 Å². The van der Waals surface area contributed by atoms with Gasteiger partial charge in [0, 0.05) is 36.9 Å².